The normalized spacial score (nSPS) is 10.4. The predicted octanol–water partition coefficient (Wildman–Crippen LogP) is 2.18. The lowest BCUT2D eigenvalue weighted by atomic mass is 10.0. The number of hydrogen-bond acceptors (Lipinski definition) is 4. The van der Waals surface area contributed by atoms with Gasteiger partial charge in [-0.15, -0.1) is 0 Å². The lowest BCUT2D eigenvalue weighted by Gasteiger charge is -2.10. The summed E-state index contributed by atoms with van der Waals surface area (Å²) in [6.07, 6.45) is 3.31. The van der Waals surface area contributed by atoms with Gasteiger partial charge in [0, 0.05) is 24.5 Å². The highest BCUT2D eigenvalue weighted by Crippen LogP contribution is 2.28. The molecule has 0 unspecified atom stereocenters. The molecule has 4 heteroatoms. The Kier molecular flexibility index (Phi) is 3.89. The number of benzene rings is 1. The van der Waals surface area contributed by atoms with Crippen molar-refractivity contribution in [2.75, 3.05) is 14.2 Å². The Morgan fingerprint density at radius 3 is 2.67 bits per heavy atom. The van der Waals surface area contributed by atoms with Gasteiger partial charge in [-0.25, -0.2) is 9.97 Å². The monoisotopic (exact) mass is 243 g/mol. The molecule has 2 aromatic rings. The van der Waals surface area contributed by atoms with Crippen LogP contribution >= 0.6 is 0 Å². The van der Waals surface area contributed by atoms with Crippen molar-refractivity contribution < 1.29 is 4.74 Å². The van der Waals surface area contributed by atoms with Crippen LogP contribution in [0.5, 0.6) is 5.88 Å². The van der Waals surface area contributed by atoms with E-state index >= 15 is 0 Å². The SMILES string of the molecule is CNCc1ccc(-c2nccnc2OC)c(C)c1. The van der Waals surface area contributed by atoms with E-state index in [0.29, 0.717) is 5.88 Å². The molecule has 18 heavy (non-hydrogen) atoms. The summed E-state index contributed by atoms with van der Waals surface area (Å²) in [5.41, 5.74) is 4.26. The number of ether oxygens (including phenoxy) is 1. The van der Waals surface area contributed by atoms with Crippen molar-refractivity contribution in [1.29, 1.82) is 0 Å². The summed E-state index contributed by atoms with van der Waals surface area (Å²) in [7, 11) is 3.55. The van der Waals surface area contributed by atoms with Gasteiger partial charge >= 0.3 is 0 Å². The maximum atomic E-state index is 5.25. The molecular weight excluding hydrogens is 226 g/mol. The van der Waals surface area contributed by atoms with Gasteiger partial charge in [0.1, 0.15) is 5.69 Å². The largest absolute Gasteiger partial charge is 0.479 e. The first kappa shape index (κ1) is 12.5. The highest BCUT2D eigenvalue weighted by molar-refractivity contribution is 5.68. The second-order valence-corrected chi connectivity index (χ2v) is 4.09. The van der Waals surface area contributed by atoms with Crippen LogP contribution in [-0.2, 0) is 6.54 Å². The van der Waals surface area contributed by atoms with Gasteiger partial charge in [0.05, 0.1) is 7.11 Å². The van der Waals surface area contributed by atoms with Crippen LogP contribution in [0.3, 0.4) is 0 Å². The van der Waals surface area contributed by atoms with Gasteiger partial charge in [-0.2, -0.15) is 0 Å². The Morgan fingerprint density at radius 2 is 2.00 bits per heavy atom. The Labute approximate surface area is 107 Å². The first-order valence-corrected chi connectivity index (χ1v) is 5.85. The van der Waals surface area contributed by atoms with Crippen LogP contribution in [0.1, 0.15) is 11.1 Å². The van der Waals surface area contributed by atoms with Crippen molar-refractivity contribution in [3.8, 4) is 17.1 Å². The van der Waals surface area contributed by atoms with Crippen molar-refractivity contribution in [3.05, 3.63) is 41.7 Å². The van der Waals surface area contributed by atoms with Gasteiger partial charge < -0.3 is 10.1 Å². The van der Waals surface area contributed by atoms with Crippen molar-refractivity contribution in [1.82, 2.24) is 15.3 Å². The lowest BCUT2D eigenvalue weighted by molar-refractivity contribution is 0.397. The molecule has 0 radical (unpaired) electrons. The predicted molar refractivity (Wildman–Crippen MR) is 71.5 cm³/mol. The van der Waals surface area contributed by atoms with Crippen LogP contribution in [0.4, 0.5) is 0 Å². The third kappa shape index (κ3) is 2.49. The van der Waals surface area contributed by atoms with E-state index in [1.165, 1.54) is 11.1 Å². The van der Waals surface area contributed by atoms with E-state index in [0.717, 1.165) is 17.8 Å². The van der Waals surface area contributed by atoms with Gasteiger partial charge in [-0.3, -0.25) is 0 Å². The molecule has 2 rings (SSSR count). The number of hydrogen-bond donors (Lipinski definition) is 1. The summed E-state index contributed by atoms with van der Waals surface area (Å²) < 4.78 is 5.25. The Balaban J connectivity index is 2.44. The molecule has 94 valence electrons. The van der Waals surface area contributed by atoms with E-state index < -0.39 is 0 Å². The second kappa shape index (κ2) is 5.60. The van der Waals surface area contributed by atoms with E-state index in [-0.39, 0.29) is 0 Å². The Hall–Kier alpha value is -1.94. The summed E-state index contributed by atoms with van der Waals surface area (Å²) in [5, 5.41) is 3.14. The third-order valence-corrected chi connectivity index (χ3v) is 2.78. The summed E-state index contributed by atoms with van der Waals surface area (Å²) in [6, 6.07) is 6.31. The molecule has 4 nitrogen and oxygen atoms in total. The molecule has 0 saturated heterocycles. The molecular formula is C14H17N3O. The molecule has 0 spiro atoms. The third-order valence-electron chi connectivity index (χ3n) is 2.78. The van der Waals surface area contributed by atoms with Crippen LogP contribution in [-0.4, -0.2) is 24.1 Å². The maximum Gasteiger partial charge on any atom is 0.240 e. The van der Waals surface area contributed by atoms with Crippen LogP contribution in [0.25, 0.3) is 11.3 Å². The van der Waals surface area contributed by atoms with Crippen LogP contribution in [0, 0.1) is 6.92 Å². The molecule has 0 fully saturated rings. The standard InChI is InChI=1S/C14H17N3O/c1-10-8-11(9-15-2)4-5-12(10)13-14(18-3)17-7-6-16-13/h4-8,15H,9H2,1-3H3. The van der Waals surface area contributed by atoms with Gasteiger partial charge in [-0.05, 0) is 25.1 Å². The fourth-order valence-electron chi connectivity index (χ4n) is 1.96. The molecule has 1 heterocycles. The Bertz CT molecular complexity index is 540. The minimum Gasteiger partial charge on any atom is -0.479 e. The molecule has 0 aliphatic carbocycles. The zero-order valence-electron chi connectivity index (χ0n) is 10.9. The summed E-state index contributed by atoms with van der Waals surface area (Å²) in [5.74, 6) is 0.557. The number of aryl methyl sites for hydroxylation is 1. The van der Waals surface area contributed by atoms with Crippen molar-refractivity contribution in [2.24, 2.45) is 0 Å². The van der Waals surface area contributed by atoms with Gasteiger partial charge in [0.25, 0.3) is 0 Å². The van der Waals surface area contributed by atoms with Crippen molar-refractivity contribution >= 4 is 0 Å². The van der Waals surface area contributed by atoms with Crippen LogP contribution in [0.15, 0.2) is 30.6 Å². The first-order chi connectivity index (χ1) is 8.76. The fraction of sp³-hybridized carbons (Fsp3) is 0.286. The summed E-state index contributed by atoms with van der Waals surface area (Å²) in [6.45, 7) is 2.93. The minimum absolute atomic E-state index is 0.557. The van der Waals surface area contributed by atoms with Crippen molar-refractivity contribution in [3.63, 3.8) is 0 Å². The molecule has 1 aromatic heterocycles. The molecule has 0 aliphatic rings. The topological polar surface area (TPSA) is 47.0 Å². The van der Waals surface area contributed by atoms with E-state index in [2.05, 4.69) is 40.4 Å². The molecule has 0 atom stereocenters. The Morgan fingerprint density at radius 1 is 1.22 bits per heavy atom. The average molecular weight is 243 g/mol. The van der Waals surface area contributed by atoms with Crippen LogP contribution < -0.4 is 10.1 Å². The quantitative estimate of drug-likeness (QED) is 0.894. The second-order valence-electron chi connectivity index (χ2n) is 4.09. The maximum absolute atomic E-state index is 5.25. The molecule has 1 aromatic carbocycles. The van der Waals surface area contributed by atoms with E-state index in [1.807, 2.05) is 7.05 Å². The van der Waals surface area contributed by atoms with Gasteiger partial charge in [0.15, 0.2) is 0 Å². The first-order valence-electron chi connectivity index (χ1n) is 5.85. The number of rotatable bonds is 4. The molecule has 0 bridgehead atoms. The summed E-state index contributed by atoms with van der Waals surface area (Å²) >= 11 is 0. The number of nitrogens with zero attached hydrogens (tertiary/aromatic N) is 2. The summed E-state index contributed by atoms with van der Waals surface area (Å²) in [4.78, 5) is 8.53. The fourth-order valence-corrected chi connectivity index (χ4v) is 1.96. The van der Waals surface area contributed by atoms with Gasteiger partial charge in [-0.1, -0.05) is 18.2 Å². The van der Waals surface area contributed by atoms with Gasteiger partial charge in [0.2, 0.25) is 5.88 Å². The minimum atomic E-state index is 0.557. The average Bonchev–Trinajstić information content (AvgIpc) is 2.39. The van der Waals surface area contributed by atoms with Crippen molar-refractivity contribution in [2.45, 2.75) is 13.5 Å². The molecule has 0 amide bonds. The number of nitrogens with one attached hydrogen (secondary N) is 1. The van der Waals surface area contributed by atoms with E-state index in [9.17, 15) is 0 Å². The zero-order chi connectivity index (χ0) is 13.0. The molecule has 1 N–H and O–H groups in total. The van der Waals surface area contributed by atoms with E-state index in [4.69, 9.17) is 4.74 Å². The molecule has 0 aliphatic heterocycles. The zero-order valence-corrected chi connectivity index (χ0v) is 10.9. The lowest BCUT2D eigenvalue weighted by Crippen LogP contribution is -2.05. The smallest absolute Gasteiger partial charge is 0.240 e. The van der Waals surface area contributed by atoms with E-state index in [1.54, 1.807) is 19.5 Å². The number of aromatic nitrogens is 2. The molecule has 0 saturated carbocycles. The number of methoxy groups -OCH3 is 1. The van der Waals surface area contributed by atoms with Crippen LogP contribution in [0.2, 0.25) is 0 Å². The highest BCUT2D eigenvalue weighted by atomic mass is 16.5. The highest BCUT2D eigenvalue weighted by Gasteiger charge is 2.10.